The van der Waals surface area contributed by atoms with E-state index in [1.807, 2.05) is 0 Å². The van der Waals surface area contributed by atoms with E-state index in [4.69, 9.17) is 4.74 Å². The number of benzene rings is 2. The van der Waals surface area contributed by atoms with Gasteiger partial charge < -0.3 is 25.2 Å². The second-order valence-electron chi connectivity index (χ2n) is 10.9. The predicted molar refractivity (Wildman–Crippen MR) is 155 cm³/mol. The molecule has 0 spiro atoms. The number of hydrogen-bond donors (Lipinski definition) is 3. The lowest BCUT2D eigenvalue weighted by Gasteiger charge is -2.25. The summed E-state index contributed by atoms with van der Waals surface area (Å²) in [7, 11) is 1.64. The Hall–Kier alpha value is -2.90. The highest BCUT2D eigenvalue weighted by molar-refractivity contribution is 5.87. The monoisotopic (exact) mass is 538 g/mol. The molecule has 2 aromatic rings. The zero-order valence-corrected chi connectivity index (χ0v) is 23.9. The van der Waals surface area contributed by atoms with Crippen LogP contribution in [-0.4, -0.2) is 65.9 Å². The number of aliphatic hydroxyl groups excluding tert-OH is 1. The quantitative estimate of drug-likeness (QED) is 0.243. The first-order chi connectivity index (χ1) is 18.8. The third kappa shape index (κ3) is 9.66. The van der Waals surface area contributed by atoms with Crippen LogP contribution in [0, 0.1) is 13.8 Å². The van der Waals surface area contributed by atoms with Crippen LogP contribution in [-0.2, 0) is 33.6 Å². The van der Waals surface area contributed by atoms with E-state index in [0.717, 1.165) is 50.8 Å². The Bertz CT molecular complexity index is 1090. The average Bonchev–Trinajstić information content (AvgIpc) is 3.39. The van der Waals surface area contributed by atoms with Crippen LogP contribution in [0.4, 0.5) is 5.69 Å². The number of aliphatic hydroxyl groups is 1. The van der Waals surface area contributed by atoms with Crippen molar-refractivity contribution in [2.24, 2.45) is 0 Å². The second-order valence-corrected chi connectivity index (χ2v) is 10.9. The summed E-state index contributed by atoms with van der Waals surface area (Å²) in [5.41, 5.74) is 7.96. The highest BCUT2D eigenvalue weighted by atomic mass is 16.5. The number of carboxylic acids is 1. The first kappa shape index (κ1) is 30.6. The average molecular weight is 539 g/mol. The van der Waals surface area contributed by atoms with Gasteiger partial charge in [-0.1, -0.05) is 30.7 Å². The van der Waals surface area contributed by atoms with Gasteiger partial charge in [0.2, 0.25) is 0 Å². The van der Waals surface area contributed by atoms with Gasteiger partial charge >= 0.3 is 5.97 Å². The molecule has 7 nitrogen and oxygen atoms in total. The normalized spacial score (nSPS) is 14.1. The van der Waals surface area contributed by atoms with Crippen LogP contribution in [0.25, 0.3) is 0 Å². The molecule has 3 N–H and O–H groups in total. The molecule has 214 valence electrons. The maximum absolute atomic E-state index is 12.9. The number of aryl methyl sites for hydroxylation is 5. The molecule has 1 aliphatic rings. The van der Waals surface area contributed by atoms with Gasteiger partial charge in [-0.3, -0.25) is 4.79 Å². The summed E-state index contributed by atoms with van der Waals surface area (Å²) in [4.78, 5) is 25.8. The smallest absolute Gasteiger partial charge is 0.335 e. The molecule has 0 aromatic heterocycles. The molecule has 7 heteroatoms. The fraction of sp³-hybridized carbons (Fsp3) is 0.562. The Balaban J connectivity index is 1.33. The fourth-order valence-electron chi connectivity index (χ4n) is 5.10. The van der Waals surface area contributed by atoms with E-state index in [1.165, 1.54) is 52.0 Å². The van der Waals surface area contributed by atoms with Crippen LogP contribution < -0.4 is 5.32 Å². The van der Waals surface area contributed by atoms with Gasteiger partial charge in [-0.15, -0.1) is 0 Å². The molecule has 1 aliphatic carbocycles. The number of fused-ring (bicyclic) bond motifs is 1. The molecule has 3 rings (SSSR count). The highest BCUT2D eigenvalue weighted by Crippen LogP contribution is 2.25. The number of carboxylic acid groups (broad SMARTS) is 1. The van der Waals surface area contributed by atoms with Crippen molar-refractivity contribution in [3.63, 3.8) is 0 Å². The Morgan fingerprint density at radius 1 is 0.949 bits per heavy atom. The zero-order valence-electron chi connectivity index (χ0n) is 23.9. The Labute approximate surface area is 233 Å². The lowest BCUT2D eigenvalue weighted by molar-refractivity contribution is -0.166. The largest absolute Gasteiger partial charge is 0.479 e. The van der Waals surface area contributed by atoms with Gasteiger partial charge in [-0.25, -0.2) is 4.79 Å². The predicted octanol–water partition coefficient (Wildman–Crippen LogP) is 5.08. The minimum atomic E-state index is -1.88. The van der Waals surface area contributed by atoms with Crippen molar-refractivity contribution in [3.8, 4) is 0 Å². The SMILES string of the molecule is Cc1ccc(CCCCCOC(C(=O)N(C)CCCCCNc2ccc3c(c2)CCC3)C(O)C(=O)O)cc1C. The minimum Gasteiger partial charge on any atom is -0.479 e. The van der Waals surface area contributed by atoms with Crippen LogP contribution in [0.5, 0.6) is 0 Å². The molecule has 0 saturated carbocycles. The highest BCUT2D eigenvalue weighted by Gasteiger charge is 2.34. The van der Waals surface area contributed by atoms with E-state index in [9.17, 15) is 19.8 Å². The van der Waals surface area contributed by atoms with E-state index >= 15 is 0 Å². The topological polar surface area (TPSA) is 99.1 Å². The van der Waals surface area contributed by atoms with Gasteiger partial charge in [0.15, 0.2) is 12.2 Å². The first-order valence-electron chi connectivity index (χ1n) is 14.5. The Morgan fingerprint density at radius 2 is 1.72 bits per heavy atom. The Morgan fingerprint density at radius 3 is 2.49 bits per heavy atom. The number of nitrogens with zero attached hydrogens (tertiary/aromatic N) is 1. The number of unbranched alkanes of at least 4 members (excludes halogenated alkanes) is 4. The fourth-order valence-corrected chi connectivity index (χ4v) is 5.10. The van der Waals surface area contributed by atoms with Crippen molar-refractivity contribution in [2.75, 3.05) is 32.1 Å². The van der Waals surface area contributed by atoms with Crippen LogP contribution >= 0.6 is 0 Å². The molecule has 2 unspecified atom stereocenters. The molecule has 0 bridgehead atoms. The van der Waals surface area contributed by atoms with Crippen molar-refractivity contribution < 1.29 is 24.5 Å². The lowest BCUT2D eigenvalue weighted by atomic mass is 10.0. The van der Waals surface area contributed by atoms with Crippen LogP contribution in [0.2, 0.25) is 0 Å². The molecule has 39 heavy (non-hydrogen) atoms. The van der Waals surface area contributed by atoms with Crippen molar-refractivity contribution in [3.05, 3.63) is 64.2 Å². The number of aliphatic carboxylic acids is 1. The minimum absolute atomic E-state index is 0.232. The summed E-state index contributed by atoms with van der Waals surface area (Å²) in [6.07, 6.45) is 6.56. The van der Waals surface area contributed by atoms with Crippen molar-refractivity contribution >= 4 is 17.6 Å². The number of carbonyl (C=O) groups excluding carboxylic acids is 1. The van der Waals surface area contributed by atoms with Gasteiger partial charge in [0.05, 0.1) is 0 Å². The van der Waals surface area contributed by atoms with E-state index < -0.39 is 24.1 Å². The van der Waals surface area contributed by atoms with Gasteiger partial charge in [0.25, 0.3) is 5.91 Å². The molecule has 2 atom stereocenters. The number of rotatable bonds is 17. The summed E-state index contributed by atoms with van der Waals surface area (Å²) in [6, 6.07) is 13.1. The number of nitrogens with one attached hydrogen (secondary N) is 1. The third-order valence-electron chi connectivity index (χ3n) is 7.74. The number of anilines is 1. The number of hydrogen-bond acceptors (Lipinski definition) is 5. The maximum Gasteiger partial charge on any atom is 0.335 e. The Kier molecular flexibility index (Phi) is 12.3. The van der Waals surface area contributed by atoms with E-state index in [-0.39, 0.29) is 6.61 Å². The van der Waals surface area contributed by atoms with Gasteiger partial charge in [0.1, 0.15) is 0 Å². The zero-order chi connectivity index (χ0) is 28.2. The summed E-state index contributed by atoms with van der Waals surface area (Å²) in [5.74, 6) is -1.94. The van der Waals surface area contributed by atoms with Crippen LogP contribution in [0.3, 0.4) is 0 Å². The van der Waals surface area contributed by atoms with E-state index in [0.29, 0.717) is 13.0 Å². The lowest BCUT2D eigenvalue weighted by Crippen LogP contribution is -2.48. The van der Waals surface area contributed by atoms with Gasteiger partial charge in [-0.2, -0.15) is 0 Å². The number of ether oxygens (including phenoxy) is 1. The summed E-state index contributed by atoms with van der Waals surface area (Å²) >= 11 is 0. The summed E-state index contributed by atoms with van der Waals surface area (Å²) in [6.45, 7) is 5.80. The third-order valence-corrected chi connectivity index (χ3v) is 7.74. The van der Waals surface area contributed by atoms with Crippen molar-refractivity contribution in [2.45, 2.75) is 90.3 Å². The molecule has 2 aromatic carbocycles. The molecule has 0 aliphatic heterocycles. The molecule has 0 fully saturated rings. The van der Waals surface area contributed by atoms with E-state index in [2.05, 4.69) is 55.6 Å². The maximum atomic E-state index is 12.9. The number of likely N-dealkylation sites (N-methyl/N-ethyl adjacent to an activating group) is 1. The molecule has 0 radical (unpaired) electrons. The standard InChI is InChI=1S/C32H46N2O5/c1-23-14-15-25(21-24(23)2)11-6-4-9-20-39-30(29(35)32(37)38)31(36)34(3)19-8-5-7-18-33-28-17-16-26-12-10-13-27(26)22-28/h14-17,21-22,29-30,33,35H,4-13,18-20H2,1-3H3,(H,37,38). The van der Waals surface area contributed by atoms with Crippen molar-refractivity contribution in [1.29, 1.82) is 0 Å². The van der Waals surface area contributed by atoms with Gasteiger partial charge in [-0.05, 0) is 112 Å². The molecule has 0 heterocycles. The first-order valence-corrected chi connectivity index (χ1v) is 14.5. The van der Waals surface area contributed by atoms with E-state index in [1.54, 1.807) is 7.05 Å². The molecular weight excluding hydrogens is 492 g/mol. The number of amides is 1. The summed E-state index contributed by atoms with van der Waals surface area (Å²) in [5, 5.41) is 22.9. The van der Waals surface area contributed by atoms with Crippen LogP contribution in [0.15, 0.2) is 36.4 Å². The molecule has 1 amide bonds. The van der Waals surface area contributed by atoms with Gasteiger partial charge in [0, 0.05) is 32.4 Å². The molecule has 0 saturated heterocycles. The second kappa shape index (κ2) is 15.6. The number of carbonyl (C=O) groups is 2. The van der Waals surface area contributed by atoms with Crippen LogP contribution in [0.1, 0.15) is 72.8 Å². The molecular formula is C32H46N2O5. The van der Waals surface area contributed by atoms with Crippen molar-refractivity contribution in [1.82, 2.24) is 4.90 Å². The summed E-state index contributed by atoms with van der Waals surface area (Å²) < 4.78 is 5.63.